The predicted molar refractivity (Wildman–Crippen MR) is 142 cm³/mol. The number of benzene rings is 2. The van der Waals surface area contributed by atoms with Crippen LogP contribution in [0.25, 0.3) is 39.4 Å². The molecule has 3 aromatic rings. The first-order valence-electron chi connectivity index (χ1n) is 11.3. The Hall–Kier alpha value is -4.04. The summed E-state index contributed by atoms with van der Waals surface area (Å²) in [5, 5.41) is 1.28. The van der Waals surface area contributed by atoms with Gasteiger partial charge in [0.2, 0.25) is 0 Å². The van der Waals surface area contributed by atoms with Crippen molar-refractivity contribution in [2.24, 2.45) is 0 Å². The molecule has 1 aliphatic carbocycles. The molecule has 0 saturated heterocycles. The number of hydrogen-bond acceptors (Lipinski definition) is 1. The number of allylic oxidation sites excluding steroid dienone is 10. The third-order valence-electron chi connectivity index (χ3n) is 6.18. The first-order valence-corrected chi connectivity index (χ1v) is 11.3. The summed E-state index contributed by atoms with van der Waals surface area (Å²) in [6.07, 6.45) is 22.3. The van der Waals surface area contributed by atoms with E-state index in [0.29, 0.717) is 0 Å². The molecule has 0 fully saturated rings. The number of rotatable bonds is 4. The second kappa shape index (κ2) is 8.84. The molecule has 0 spiro atoms. The van der Waals surface area contributed by atoms with Crippen LogP contribution in [0, 0.1) is 0 Å². The Kier molecular flexibility index (Phi) is 5.58. The summed E-state index contributed by atoms with van der Waals surface area (Å²) in [7, 11) is 0. The van der Waals surface area contributed by atoms with E-state index < -0.39 is 0 Å². The number of fused-ring (bicyclic) bond motifs is 4. The van der Waals surface area contributed by atoms with Crippen LogP contribution in [0.4, 0.5) is 0 Å². The second-order valence-electron chi connectivity index (χ2n) is 8.21. The van der Waals surface area contributed by atoms with E-state index >= 15 is 0 Å². The minimum atomic E-state index is 0.844. The monoisotopic (exact) mass is 429 g/mol. The van der Waals surface area contributed by atoms with Crippen LogP contribution in [0.2, 0.25) is 0 Å². The normalized spacial score (nSPS) is 17.2. The zero-order valence-electron chi connectivity index (χ0n) is 18.9. The van der Waals surface area contributed by atoms with Gasteiger partial charge in [0, 0.05) is 27.9 Å². The van der Waals surface area contributed by atoms with Gasteiger partial charge >= 0.3 is 0 Å². The zero-order valence-corrected chi connectivity index (χ0v) is 18.9. The molecule has 0 N–H and O–H groups in total. The van der Waals surface area contributed by atoms with E-state index in [4.69, 9.17) is 4.74 Å². The van der Waals surface area contributed by atoms with E-state index in [0.717, 1.165) is 46.6 Å². The van der Waals surface area contributed by atoms with Gasteiger partial charge in [0.25, 0.3) is 0 Å². The molecule has 1 aromatic heterocycles. The molecule has 2 aromatic carbocycles. The summed E-state index contributed by atoms with van der Waals surface area (Å²) in [6, 6.07) is 13.0. The Morgan fingerprint density at radius 3 is 2.82 bits per heavy atom. The fraction of sp³-hybridized carbons (Fsp3) is 0.0968. The largest absolute Gasteiger partial charge is 0.464 e. The quantitative estimate of drug-likeness (QED) is 0.380. The molecule has 2 nitrogen and oxygen atoms in total. The molecule has 2 aliphatic rings. The molecule has 2 heterocycles. The molecule has 0 unspecified atom stereocenters. The maximum Gasteiger partial charge on any atom is 0.142 e. The summed E-state index contributed by atoms with van der Waals surface area (Å²) in [6.45, 7) is 10.2. The van der Waals surface area contributed by atoms with Crippen LogP contribution >= 0.6 is 0 Å². The molecule has 2 heteroatoms. The van der Waals surface area contributed by atoms with E-state index in [1.54, 1.807) is 6.26 Å². The van der Waals surface area contributed by atoms with Crippen LogP contribution in [0.1, 0.15) is 30.2 Å². The first kappa shape index (κ1) is 20.8. The number of aryl methyl sites for hydroxylation is 1. The van der Waals surface area contributed by atoms with E-state index in [1.165, 1.54) is 22.2 Å². The Labute approximate surface area is 195 Å². The molecule has 0 amide bonds. The lowest BCUT2D eigenvalue weighted by molar-refractivity contribution is 0.481. The van der Waals surface area contributed by atoms with Crippen molar-refractivity contribution < 1.29 is 4.74 Å². The third-order valence-corrected chi connectivity index (χ3v) is 6.18. The summed E-state index contributed by atoms with van der Waals surface area (Å²) < 4.78 is 8.42. The van der Waals surface area contributed by atoms with Gasteiger partial charge in [0.15, 0.2) is 0 Å². The van der Waals surface area contributed by atoms with Crippen LogP contribution in [-0.2, 0) is 6.42 Å². The average Bonchev–Trinajstić information content (AvgIpc) is 3.16. The fourth-order valence-corrected chi connectivity index (χ4v) is 4.74. The topological polar surface area (TPSA) is 14.2 Å². The number of hydrogen-bond donors (Lipinski definition) is 0. The van der Waals surface area contributed by atoms with Gasteiger partial charge in [-0.1, -0.05) is 67.8 Å². The van der Waals surface area contributed by atoms with Crippen molar-refractivity contribution in [3.8, 4) is 16.9 Å². The van der Waals surface area contributed by atoms with Crippen molar-refractivity contribution in [1.29, 1.82) is 0 Å². The average molecular weight is 430 g/mol. The van der Waals surface area contributed by atoms with Crippen molar-refractivity contribution >= 4 is 28.2 Å². The molecule has 1 aliphatic heterocycles. The SMILES string of the molecule is C=C/C=C(\C=CC)n1c2c(c3cc(-c4cccc5c4O/C=C\C=C/C5=C)ccc31)CCC=C2. The first-order chi connectivity index (χ1) is 16.2. The summed E-state index contributed by atoms with van der Waals surface area (Å²) in [5.41, 5.74) is 9.12. The summed E-state index contributed by atoms with van der Waals surface area (Å²) in [5.74, 6) is 0.844. The number of aromatic nitrogens is 1. The Morgan fingerprint density at radius 2 is 1.97 bits per heavy atom. The summed E-state index contributed by atoms with van der Waals surface area (Å²) >= 11 is 0. The van der Waals surface area contributed by atoms with E-state index in [1.807, 2.05) is 31.2 Å². The minimum absolute atomic E-state index is 0.844. The molecular formula is C31H27NO. The lowest BCUT2D eigenvalue weighted by Crippen LogP contribution is -2.00. The highest BCUT2D eigenvalue weighted by atomic mass is 16.5. The van der Waals surface area contributed by atoms with Gasteiger partial charge in [0.1, 0.15) is 5.75 Å². The van der Waals surface area contributed by atoms with Gasteiger partial charge in [0.05, 0.1) is 11.8 Å². The molecule has 5 rings (SSSR count). The number of para-hydroxylation sites is 1. The smallest absolute Gasteiger partial charge is 0.142 e. The third kappa shape index (κ3) is 3.64. The zero-order chi connectivity index (χ0) is 22.8. The van der Waals surface area contributed by atoms with Crippen molar-refractivity contribution in [2.45, 2.75) is 19.8 Å². The molecule has 33 heavy (non-hydrogen) atoms. The van der Waals surface area contributed by atoms with Crippen LogP contribution in [0.3, 0.4) is 0 Å². The molecule has 0 atom stereocenters. The predicted octanol–water partition coefficient (Wildman–Crippen LogP) is 8.35. The van der Waals surface area contributed by atoms with E-state index in [9.17, 15) is 0 Å². The molecule has 0 bridgehead atoms. The molecular weight excluding hydrogens is 402 g/mol. The lowest BCUT2D eigenvalue weighted by Gasteiger charge is -2.16. The number of nitrogens with zero attached hydrogens (tertiary/aromatic N) is 1. The van der Waals surface area contributed by atoms with E-state index in [-0.39, 0.29) is 0 Å². The van der Waals surface area contributed by atoms with Crippen LogP contribution in [0.5, 0.6) is 5.75 Å². The van der Waals surface area contributed by atoms with Gasteiger partial charge < -0.3 is 9.30 Å². The highest BCUT2D eigenvalue weighted by molar-refractivity contribution is 5.96. The van der Waals surface area contributed by atoms with Crippen molar-refractivity contribution in [2.75, 3.05) is 0 Å². The van der Waals surface area contributed by atoms with Crippen molar-refractivity contribution in [3.05, 3.63) is 121 Å². The van der Waals surface area contributed by atoms with Crippen molar-refractivity contribution in [1.82, 2.24) is 4.57 Å². The molecule has 0 saturated carbocycles. The summed E-state index contributed by atoms with van der Waals surface area (Å²) in [4.78, 5) is 0. The highest BCUT2D eigenvalue weighted by Gasteiger charge is 2.20. The Morgan fingerprint density at radius 1 is 1.09 bits per heavy atom. The molecule has 0 radical (unpaired) electrons. The number of ether oxygens (including phenoxy) is 1. The maximum absolute atomic E-state index is 6.08. The van der Waals surface area contributed by atoms with Gasteiger partial charge in [-0.05, 0) is 72.9 Å². The van der Waals surface area contributed by atoms with Crippen LogP contribution in [-0.4, -0.2) is 4.57 Å². The van der Waals surface area contributed by atoms with Crippen LogP contribution in [0.15, 0.2) is 104 Å². The van der Waals surface area contributed by atoms with Crippen LogP contribution < -0.4 is 4.74 Å². The second-order valence-corrected chi connectivity index (χ2v) is 8.21. The lowest BCUT2D eigenvalue weighted by atomic mass is 9.95. The standard InChI is InChI=1S/C31H27NO/c1-4-11-24(12-5-2)32-29-17-7-6-14-27(29)28-21-23(18-19-30(28)32)26-16-10-15-25-22(3)13-8-9-20-33-31(25)26/h4-5,7-13,15-21H,1,3,6,14H2,2H3/b12-5?,13-8-,20-9-,24-11+. The molecule has 162 valence electrons. The fourth-order valence-electron chi connectivity index (χ4n) is 4.74. The maximum atomic E-state index is 6.08. The van der Waals surface area contributed by atoms with Crippen molar-refractivity contribution in [3.63, 3.8) is 0 Å². The van der Waals surface area contributed by atoms with Gasteiger partial charge in [-0.2, -0.15) is 0 Å². The van der Waals surface area contributed by atoms with Gasteiger partial charge in [-0.25, -0.2) is 0 Å². The highest BCUT2D eigenvalue weighted by Crippen LogP contribution is 2.41. The Bertz CT molecular complexity index is 1420. The van der Waals surface area contributed by atoms with E-state index in [2.05, 4.69) is 84.5 Å². The Balaban J connectivity index is 1.75. The van der Waals surface area contributed by atoms with Gasteiger partial charge in [-0.15, -0.1) is 0 Å². The minimum Gasteiger partial charge on any atom is -0.464 e. The van der Waals surface area contributed by atoms with Gasteiger partial charge in [-0.3, -0.25) is 0 Å².